The fourth-order valence-corrected chi connectivity index (χ4v) is 1.78. The summed E-state index contributed by atoms with van der Waals surface area (Å²) in [4.78, 5) is 0. The predicted octanol–water partition coefficient (Wildman–Crippen LogP) is 1.91. The Labute approximate surface area is 126 Å². The molecule has 120 valence electrons. The van der Waals surface area contributed by atoms with E-state index in [4.69, 9.17) is 18.9 Å². The Bertz CT molecular complexity index is 411. The van der Waals surface area contributed by atoms with Crippen LogP contribution >= 0.6 is 0 Å². The minimum atomic E-state index is -0.591. The highest BCUT2D eigenvalue weighted by Gasteiger charge is 2.14. The summed E-state index contributed by atoms with van der Waals surface area (Å²) >= 11 is 0. The van der Waals surface area contributed by atoms with E-state index in [1.807, 2.05) is 13.8 Å². The van der Waals surface area contributed by atoms with Gasteiger partial charge in [-0.15, -0.1) is 0 Å². The van der Waals surface area contributed by atoms with Crippen molar-refractivity contribution in [1.82, 2.24) is 0 Å². The monoisotopic (exact) mass is 299 g/mol. The Morgan fingerprint density at radius 3 is 2.05 bits per heavy atom. The maximum Gasteiger partial charge on any atom is 0.203 e. The summed E-state index contributed by atoms with van der Waals surface area (Å²) in [6.45, 7) is 4.51. The lowest BCUT2D eigenvalue weighted by Crippen LogP contribution is -2.26. The van der Waals surface area contributed by atoms with E-state index in [2.05, 4.69) is 5.32 Å². The molecule has 6 heteroatoms. The molecule has 0 spiro atoms. The van der Waals surface area contributed by atoms with E-state index in [9.17, 15) is 5.11 Å². The van der Waals surface area contributed by atoms with E-state index in [1.165, 1.54) is 0 Å². The number of aliphatic hydroxyl groups excluding tert-OH is 1. The summed E-state index contributed by atoms with van der Waals surface area (Å²) in [5.74, 6) is 1.66. The zero-order chi connectivity index (χ0) is 15.8. The summed E-state index contributed by atoms with van der Waals surface area (Å²) in [7, 11) is 4.68. The van der Waals surface area contributed by atoms with Gasteiger partial charge >= 0.3 is 0 Å². The van der Waals surface area contributed by atoms with Crippen molar-refractivity contribution in [2.24, 2.45) is 0 Å². The van der Waals surface area contributed by atoms with Gasteiger partial charge in [0.2, 0.25) is 5.75 Å². The number of methoxy groups -OCH3 is 3. The van der Waals surface area contributed by atoms with Crippen molar-refractivity contribution in [3.63, 3.8) is 0 Å². The summed E-state index contributed by atoms with van der Waals surface area (Å²) in [5.41, 5.74) is 0.771. The van der Waals surface area contributed by atoms with Gasteiger partial charge in [0.15, 0.2) is 11.5 Å². The Balaban J connectivity index is 2.71. The van der Waals surface area contributed by atoms with E-state index < -0.39 is 6.10 Å². The van der Waals surface area contributed by atoms with Gasteiger partial charge in [0.1, 0.15) is 0 Å². The molecule has 0 aliphatic rings. The van der Waals surface area contributed by atoms with Crippen molar-refractivity contribution in [3.8, 4) is 17.2 Å². The van der Waals surface area contributed by atoms with Crippen LogP contribution in [0, 0.1) is 0 Å². The standard InChI is InChI=1S/C15H25NO5/c1-10(2)21-9-12(17)8-16-11-6-13(18-3)15(20-5)14(7-11)19-4/h6-7,10,12,16-17H,8-9H2,1-5H3. The van der Waals surface area contributed by atoms with Crippen LogP contribution < -0.4 is 19.5 Å². The molecule has 0 saturated carbocycles. The minimum Gasteiger partial charge on any atom is -0.493 e. The molecule has 1 rings (SSSR count). The maximum absolute atomic E-state index is 9.84. The van der Waals surface area contributed by atoms with Crippen molar-refractivity contribution < 1.29 is 24.1 Å². The summed E-state index contributed by atoms with van der Waals surface area (Å²) in [6.07, 6.45) is -0.493. The van der Waals surface area contributed by atoms with Gasteiger partial charge in [-0.3, -0.25) is 0 Å². The van der Waals surface area contributed by atoms with Crippen LogP contribution in [0.1, 0.15) is 13.8 Å². The number of hydrogen-bond acceptors (Lipinski definition) is 6. The van der Waals surface area contributed by atoms with E-state index in [0.29, 0.717) is 23.8 Å². The van der Waals surface area contributed by atoms with Gasteiger partial charge in [-0.2, -0.15) is 0 Å². The van der Waals surface area contributed by atoms with Crippen LogP contribution in [0.15, 0.2) is 12.1 Å². The lowest BCUT2D eigenvalue weighted by molar-refractivity contribution is 0.0112. The fraction of sp³-hybridized carbons (Fsp3) is 0.600. The van der Waals surface area contributed by atoms with Crippen molar-refractivity contribution >= 4 is 5.69 Å². The van der Waals surface area contributed by atoms with Crippen LogP contribution in [0.4, 0.5) is 5.69 Å². The summed E-state index contributed by atoms with van der Waals surface area (Å²) in [5, 5.41) is 13.0. The molecule has 0 radical (unpaired) electrons. The van der Waals surface area contributed by atoms with Gasteiger partial charge in [-0.05, 0) is 13.8 Å². The molecule has 0 bridgehead atoms. The number of benzene rings is 1. The topological polar surface area (TPSA) is 69.2 Å². The van der Waals surface area contributed by atoms with E-state index >= 15 is 0 Å². The highest BCUT2D eigenvalue weighted by atomic mass is 16.5. The fourth-order valence-electron chi connectivity index (χ4n) is 1.78. The second-order valence-corrected chi connectivity index (χ2v) is 4.83. The van der Waals surface area contributed by atoms with Crippen LogP contribution in [0.5, 0.6) is 17.2 Å². The summed E-state index contributed by atoms with van der Waals surface area (Å²) in [6, 6.07) is 3.58. The number of aliphatic hydroxyl groups is 1. The van der Waals surface area contributed by atoms with Gasteiger partial charge in [-0.1, -0.05) is 0 Å². The second-order valence-electron chi connectivity index (χ2n) is 4.83. The Hall–Kier alpha value is -1.66. The van der Waals surface area contributed by atoms with Gasteiger partial charge in [0.05, 0.1) is 40.1 Å². The lowest BCUT2D eigenvalue weighted by Gasteiger charge is -2.17. The van der Waals surface area contributed by atoms with Gasteiger partial charge < -0.3 is 29.4 Å². The maximum atomic E-state index is 9.84. The molecular weight excluding hydrogens is 274 g/mol. The molecule has 0 heterocycles. The molecule has 0 aromatic heterocycles. The molecule has 21 heavy (non-hydrogen) atoms. The van der Waals surface area contributed by atoms with Gasteiger partial charge in [-0.25, -0.2) is 0 Å². The molecule has 0 saturated heterocycles. The first-order valence-corrected chi connectivity index (χ1v) is 6.85. The number of ether oxygens (including phenoxy) is 4. The van der Waals surface area contributed by atoms with Crippen LogP contribution in [0.25, 0.3) is 0 Å². The van der Waals surface area contributed by atoms with Gasteiger partial charge in [0, 0.05) is 24.4 Å². The Morgan fingerprint density at radius 2 is 1.62 bits per heavy atom. The van der Waals surface area contributed by atoms with Crippen LogP contribution in [-0.2, 0) is 4.74 Å². The zero-order valence-corrected chi connectivity index (χ0v) is 13.3. The summed E-state index contributed by atoms with van der Waals surface area (Å²) < 4.78 is 21.2. The highest BCUT2D eigenvalue weighted by molar-refractivity contribution is 5.62. The molecule has 0 aliphatic carbocycles. The number of hydrogen-bond donors (Lipinski definition) is 2. The average molecular weight is 299 g/mol. The van der Waals surface area contributed by atoms with Crippen molar-refractivity contribution in [2.75, 3.05) is 39.8 Å². The molecule has 1 unspecified atom stereocenters. The van der Waals surface area contributed by atoms with Crippen molar-refractivity contribution in [3.05, 3.63) is 12.1 Å². The number of rotatable bonds is 9. The van der Waals surface area contributed by atoms with Gasteiger partial charge in [0.25, 0.3) is 0 Å². The number of anilines is 1. The predicted molar refractivity (Wildman–Crippen MR) is 81.7 cm³/mol. The van der Waals surface area contributed by atoms with E-state index in [-0.39, 0.29) is 12.7 Å². The number of nitrogens with one attached hydrogen (secondary N) is 1. The van der Waals surface area contributed by atoms with Crippen molar-refractivity contribution in [2.45, 2.75) is 26.1 Å². The second kappa shape index (κ2) is 8.59. The average Bonchev–Trinajstić information content (AvgIpc) is 2.49. The molecule has 0 amide bonds. The van der Waals surface area contributed by atoms with Crippen LogP contribution in [0.2, 0.25) is 0 Å². The third-order valence-electron chi connectivity index (χ3n) is 2.83. The van der Waals surface area contributed by atoms with Crippen LogP contribution in [0.3, 0.4) is 0 Å². The third-order valence-corrected chi connectivity index (χ3v) is 2.83. The first-order chi connectivity index (χ1) is 10.0. The Kier molecular flexibility index (Phi) is 7.11. The molecule has 0 aliphatic heterocycles. The molecule has 0 fully saturated rings. The third kappa shape index (κ3) is 5.32. The normalized spacial score (nSPS) is 12.1. The van der Waals surface area contributed by atoms with Crippen molar-refractivity contribution in [1.29, 1.82) is 0 Å². The van der Waals surface area contributed by atoms with E-state index in [0.717, 1.165) is 5.69 Å². The minimum absolute atomic E-state index is 0.0980. The quantitative estimate of drug-likeness (QED) is 0.726. The zero-order valence-electron chi connectivity index (χ0n) is 13.3. The largest absolute Gasteiger partial charge is 0.493 e. The first kappa shape index (κ1) is 17.4. The molecular formula is C15H25NO5. The lowest BCUT2D eigenvalue weighted by atomic mass is 10.2. The molecule has 2 N–H and O–H groups in total. The highest BCUT2D eigenvalue weighted by Crippen LogP contribution is 2.39. The smallest absolute Gasteiger partial charge is 0.203 e. The Morgan fingerprint density at radius 1 is 1.05 bits per heavy atom. The molecule has 1 aromatic carbocycles. The van der Waals surface area contributed by atoms with E-state index in [1.54, 1.807) is 33.5 Å². The van der Waals surface area contributed by atoms with Crippen LogP contribution in [-0.4, -0.2) is 51.8 Å². The first-order valence-electron chi connectivity index (χ1n) is 6.85. The SMILES string of the molecule is COc1cc(NCC(O)COC(C)C)cc(OC)c1OC. The molecule has 6 nitrogen and oxygen atoms in total. The molecule has 1 aromatic rings. The molecule has 1 atom stereocenters.